The van der Waals surface area contributed by atoms with Crippen LogP contribution in [-0.4, -0.2) is 62.3 Å². The molecule has 0 saturated carbocycles. The quantitative estimate of drug-likeness (QED) is 0.0317. The summed E-state index contributed by atoms with van der Waals surface area (Å²) in [4.78, 5) is 12.1. The number of azo groups is 2. The molecule has 0 aliphatic heterocycles. The van der Waals surface area contributed by atoms with E-state index in [2.05, 4.69) is 31.1 Å². The number of anilines is 3. The number of hydrogen-bond donors (Lipinski definition) is 6. The van der Waals surface area contributed by atoms with Crippen molar-refractivity contribution in [1.82, 2.24) is 0 Å². The van der Waals surface area contributed by atoms with Crippen LogP contribution in [0, 0.1) is 13.8 Å². The average molecular weight is 939 g/mol. The van der Waals surface area contributed by atoms with Crippen molar-refractivity contribution in [2.45, 2.75) is 30.1 Å². The highest BCUT2D eigenvalue weighted by atomic mass is 32.2. The highest BCUT2D eigenvalue weighted by Crippen LogP contribution is 2.43. The lowest BCUT2D eigenvalue weighted by atomic mass is 10.1. The van der Waals surface area contributed by atoms with Gasteiger partial charge in [-0.2, -0.15) is 40.6 Å². The van der Waals surface area contributed by atoms with Gasteiger partial charge in [0.25, 0.3) is 36.3 Å². The van der Waals surface area contributed by atoms with Crippen LogP contribution >= 0.6 is 0 Å². The van der Waals surface area contributed by atoms with Crippen molar-refractivity contribution in [1.29, 1.82) is 0 Å². The summed E-state index contributed by atoms with van der Waals surface area (Å²) >= 11 is 0. The van der Waals surface area contributed by atoms with Crippen molar-refractivity contribution in [3.05, 3.63) is 138 Å². The number of para-hydroxylation sites is 1. The van der Waals surface area contributed by atoms with Crippen molar-refractivity contribution >= 4 is 97.6 Å². The van der Waals surface area contributed by atoms with Crippen LogP contribution in [0.15, 0.2) is 152 Å². The number of hydrogen-bond acceptors (Lipinski definition) is 14. The molecule has 0 saturated heterocycles. The van der Waals surface area contributed by atoms with Crippen LogP contribution in [0.25, 0.3) is 21.5 Å². The number of phenolic OH excluding ortho intramolecular Hbond substituents is 1. The first-order chi connectivity index (χ1) is 30.7. The molecule has 65 heavy (non-hydrogen) atoms. The Morgan fingerprint density at radius 1 is 0.615 bits per heavy atom. The number of benzene rings is 7. The third-order valence-corrected chi connectivity index (χ3v) is 12.4. The Balaban J connectivity index is 1.05. The average Bonchev–Trinajstić information content (AvgIpc) is 3.24. The van der Waals surface area contributed by atoms with E-state index in [1.165, 1.54) is 42.5 Å². The number of fused-ring (bicyclic) bond motifs is 2. The summed E-state index contributed by atoms with van der Waals surface area (Å²) in [5, 5.41) is 35.1. The van der Waals surface area contributed by atoms with Crippen LogP contribution in [-0.2, 0) is 30.4 Å². The maximum Gasteiger partial charge on any atom is 0.296 e. The number of aromatic hydroxyl groups is 1. The van der Waals surface area contributed by atoms with Crippen molar-refractivity contribution in [3.8, 4) is 11.5 Å². The molecule has 18 nitrogen and oxygen atoms in total. The fourth-order valence-electron chi connectivity index (χ4n) is 6.62. The molecule has 7 aromatic rings. The first kappa shape index (κ1) is 45.9. The largest absolute Gasteiger partial charge is 0.505 e. The van der Waals surface area contributed by atoms with Crippen LogP contribution in [0.5, 0.6) is 11.5 Å². The van der Waals surface area contributed by atoms with E-state index in [4.69, 9.17) is 9.29 Å². The second-order valence-corrected chi connectivity index (χ2v) is 19.0. The highest BCUT2D eigenvalue weighted by Gasteiger charge is 2.23. The van der Waals surface area contributed by atoms with Gasteiger partial charge >= 0.3 is 0 Å². The van der Waals surface area contributed by atoms with Gasteiger partial charge in [-0.3, -0.25) is 18.5 Å². The van der Waals surface area contributed by atoms with Gasteiger partial charge in [-0.25, -0.2) is 0 Å². The van der Waals surface area contributed by atoms with Gasteiger partial charge in [-0.1, -0.05) is 24.3 Å². The number of carbonyl (C=O) groups is 1. The van der Waals surface area contributed by atoms with Gasteiger partial charge < -0.3 is 20.5 Å². The Morgan fingerprint density at radius 2 is 1.22 bits per heavy atom. The fraction of sp³-hybridized carbons (Fsp3) is 0.114. The fourth-order valence-corrected chi connectivity index (χ4v) is 8.49. The molecule has 0 heterocycles. The summed E-state index contributed by atoms with van der Waals surface area (Å²) in [6.07, 6.45) is -0.0850. The van der Waals surface area contributed by atoms with E-state index in [9.17, 15) is 44.3 Å². The minimum absolute atomic E-state index is 0.00237. The number of carbonyl (C=O) groups excluding carboxylic acids is 1. The van der Waals surface area contributed by atoms with Gasteiger partial charge in [0.2, 0.25) is 0 Å². The van der Waals surface area contributed by atoms with Crippen LogP contribution in [0.4, 0.5) is 39.8 Å². The molecular weight excluding hydrogens is 901 g/mol. The molecule has 0 spiro atoms. The molecule has 0 unspecified atom stereocenters. The maximum absolute atomic E-state index is 13.2. The Hall–Kier alpha value is -7.14. The smallest absolute Gasteiger partial charge is 0.296 e. The zero-order valence-corrected chi connectivity index (χ0v) is 36.7. The Kier molecular flexibility index (Phi) is 13.1. The van der Waals surface area contributed by atoms with E-state index < -0.39 is 63.2 Å². The predicted octanol–water partition coefficient (Wildman–Crippen LogP) is 10.3. The van der Waals surface area contributed by atoms with Crippen molar-refractivity contribution in [3.63, 3.8) is 0 Å². The Bertz CT molecular complexity index is 3400. The molecule has 7 rings (SSSR count). The summed E-state index contributed by atoms with van der Waals surface area (Å²) in [6, 6.07) is 31.8. The summed E-state index contributed by atoms with van der Waals surface area (Å²) in [6.45, 7) is 3.29. The molecule has 0 aromatic heterocycles. The minimum Gasteiger partial charge on any atom is -0.505 e. The monoisotopic (exact) mass is 938 g/mol. The van der Waals surface area contributed by atoms with E-state index in [-0.39, 0.29) is 46.2 Å². The summed E-state index contributed by atoms with van der Waals surface area (Å²) in [5.74, 6) is -1.57. The molecule has 0 fully saturated rings. The molecule has 0 atom stereocenters. The number of rotatable bonds is 15. The van der Waals surface area contributed by atoms with E-state index >= 15 is 0 Å². The lowest BCUT2D eigenvalue weighted by Gasteiger charge is -2.12. The predicted molar refractivity (Wildman–Crippen MR) is 244 cm³/mol. The lowest BCUT2D eigenvalue weighted by molar-refractivity contribution is 0.102. The van der Waals surface area contributed by atoms with Crippen molar-refractivity contribution in [2.75, 3.05) is 23.0 Å². The SMILES string of the molecule is Cc1cc(N=Nc2c(S(=O)(=O)O)cc3cc(Nc4ccccc4)ccc3c2O)c(C)cc1N=Nc1ccc(C(=O)Nc2ccc3c(S(=O)(=O)O)cc(OCCCS(=O)(=O)O)cc3c2)cc1. The van der Waals surface area contributed by atoms with Gasteiger partial charge in [0.05, 0.1) is 29.4 Å². The second-order valence-electron chi connectivity index (χ2n) is 14.6. The molecule has 0 bridgehead atoms. The summed E-state index contributed by atoms with van der Waals surface area (Å²) < 4.78 is 106. The number of aryl methyl sites for hydroxylation is 2. The van der Waals surface area contributed by atoms with Crippen LogP contribution in [0.3, 0.4) is 0 Å². The van der Waals surface area contributed by atoms with Gasteiger partial charge in [0, 0.05) is 39.5 Å². The third kappa shape index (κ3) is 11.3. The van der Waals surface area contributed by atoms with Crippen LogP contribution in [0.2, 0.25) is 0 Å². The van der Waals surface area contributed by atoms with Gasteiger partial charge in [0.1, 0.15) is 21.2 Å². The minimum atomic E-state index is -4.85. The maximum atomic E-state index is 13.2. The molecule has 1 amide bonds. The Labute approximate surface area is 372 Å². The number of amides is 1. The lowest BCUT2D eigenvalue weighted by Crippen LogP contribution is -2.11. The van der Waals surface area contributed by atoms with Gasteiger partial charge in [0.15, 0.2) is 5.75 Å². The molecule has 0 radical (unpaired) electrons. The van der Waals surface area contributed by atoms with Gasteiger partial charge in [-0.15, -0.1) is 5.11 Å². The zero-order valence-electron chi connectivity index (χ0n) is 34.2. The number of nitrogens with one attached hydrogen (secondary N) is 2. The molecule has 0 aliphatic rings. The normalized spacial score (nSPS) is 12.3. The number of phenols is 1. The summed E-state index contributed by atoms with van der Waals surface area (Å²) in [5.41, 5.74) is 3.90. The topological polar surface area (TPSA) is 283 Å². The molecule has 334 valence electrons. The van der Waals surface area contributed by atoms with E-state index in [1.807, 2.05) is 30.3 Å². The summed E-state index contributed by atoms with van der Waals surface area (Å²) in [7, 11) is -13.8. The first-order valence-corrected chi connectivity index (χ1v) is 23.8. The third-order valence-electron chi connectivity index (χ3n) is 9.81. The molecule has 7 aromatic carbocycles. The van der Waals surface area contributed by atoms with Crippen LogP contribution in [0.1, 0.15) is 27.9 Å². The van der Waals surface area contributed by atoms with E-state index in [1.54, 1.807) is 56.3 Å². The molecular formula is C44H38N6O12S3. The standard InChI is InChI=1S/C44H38N6O12S3/c1-26-20-39(49-50-42-41(65(59,60)61)24-30-22-33(14-16-37(30)43(42)51)45-31-7-4-3-5-8-31)27(2)19-38(26)48-47-32-11-9-28(10-12-32)44(52)46-34-13-15-36-29(21-34)23-35(25-40(36)64(56,57)58)62-17-6-18-63(53,54)55/h3-5,7-16,19-25,45,51H,6,17-18H2,1-2H3,(H,46,52)(H,53,54,55)(H,56,57,58)(H,59,60,61). The van der Waals surface area contributed by atoms with Crippen molar-refractivity contribution in [2.24, 2.45) is 20.5 Å². The molecule has 6 N–H and O–H groups in total. The van der Waals surface area contributed by atoms with E-state index in [0.717, 1.165) is 11.8 Å². The van der Waals surface area contributed by atoms with E-state index in [0.29, 0.717) is 39.3 Å². The Morgan fingerprint density at radius 3 is 1.86 bits per heavy atom. The molecule has 0 aliphatic carbocycles. The first-order valence-electron chi connectivity index (χ1n) is 19.3. The highest BCUT2D eigenvalue weighted by molar-refractivity contribution is 7.86. The van der Waals surface area contributed by atoms with Crippen LogP contribution < -0.4 is 15.4 Å². The van der Waals surface area contributed by atoms with Gasteiger partial charge in [-0.05, 0) is 133 Å². The molecule has 21 heteroatoms. The zero-order chi connectivity index (χ0) is 46.7. The second kappa shape index (κ2) is 18.5. The number of ether oxygens (including phenoxy) is 1. The van der Waals surface area contributed by atoms with Crippen molar-refractivity contribution < 1.29 is 53.5 Å². The number of nitrogens with zero attached hydrogens (tertiary/aromatic N) is 4.